The molecule has 1 aliphatic carbocycles. The molecule has 2 amide bonds. The molecule has 2 aliphatic rings. The van der Waals surface area contributed by atoms with Crippen LogP contribution in [0.3, 0.4) is 0 Å². The number of likely N-dealkylation sites (tertiary alicyclic amines) is 1. The predicted molar refractivity (Wildman–Crippen MR) is 68.8 cm³/mol. The fourth-order valence-corrected chi connectivity index (χ4v) is 2.95. The summed E-state index contributed by atoms with van der Waals surface area (Å²) in [6.07, 6.45) is 6.31. The molecule has 0 bridgehead atoms. The molecule has 18 heavy (non-hydrogen) atoms. The number of rotatable bonds is 3. The molecular weight excluding hydrogens is 230 g/mol. The molecule has 2 rings (SSSR count). The van der Waals surface area contributed by atoms with Crippen molar-refractivity contribution in [2.75, 3.05) is 13.6 Å². The van der Waals surface area contributed by atoms with Crippen LogP contribution in [0.15, 0.2) is 0 Å². The highest BCUT2D eigenvalue weighted by molar-refractivity contribution is 5.89. The van der Waals surface area contributed by atoms with Crippen LogP contribution in [-0.2, 0) is 9.59 Å². The summed E-state index contributed by atoms with van der Waals surface area (Å²) in [4.78, 5) is 25.3. The van der Waals surface area contributed by atoms with E-state index >= 15 is 0 Å². The number of amides is 2. The topological polar surface area (TPSA) is 75.4 Å². The van der Waals surface area contributed by atoms with Gasteiger partial charge in [0.15, 0.2) is 0 Å². The van der Waals surface area contributed by atoms with E-state index in [9.17, 15) is 9.59 Å². The zero-order chi connectivity index (χ0) is 13.2. The molecule has 0 spiro atoms. The van der Waals surface area contributed by atoms with Crippen LogP contribution in [0.2, 0.25) is 0 Å². The Labute approximate surface area is 108 Å². The van der Waals surface area contributed by atoms with Crippen LogP contribution in [0.25, 0.3) is 0 Å². The Balaban J connectivity index is 1.83. The molecule has 0 radical (unpaired) electrons. The van der Waals surface area contributed by atoms with Crippen molar-refractivity contribution < 1.29 is 9.59 Å². The fourth-order valence-electron chi connectivity index (χ4n) is 2.95. The van der Waals surface area contributed by atoms with Crippen molar-refractivity contribution in [3.8, 4) is 0 Å². The lowest BCUT2D eigenvalue weighted by atomic mass is 9.80. The number of likely N-dealkylation sites (N-methyl/N-ethyl adjacent to an activating group) is 1. The first-order valence-electron chi connectivity index (χ1n) is 6.83. The van der Waals surface area contributed by atoms with Crippen molar-refractivity contribution in [2.24, 2.45) is 5.73 Å². The summed E-state index contributed by atoms with van der Waals surface area (Å²) < 4.78 is 0. The Hall–Kier alpha value is -1.10. The summed E-state index contributed by atoms with van der Waals surface area (Å²) in [7, 11) is 1.76. The van der Waals surface area contributed by atoms with E-state index in [2.05, 4.69) is 5.32 Å². The van der Waals surface area contributed by atoms with Crippen LogP contribution in [0.4, 0.5) is 0 Å². The molecule has 1 unspecified atom stereocenters. The van der Waals surface area contributed by atoms with Crippen LogP contribution in [0, 0.1) is 0 Å². The Morgan fingerprint density at radius 2 is 2.11 bits per heavy atom. The number of nitrogens with one attached hydrogen (secondary N) is 1. The van der Waals surface area contributed by atoms with Gasteiger partial charge in [0.25, 0.3) is 0 Å². The Morgan fingerprint density at radius 3 is 2.67 bits per heavy atom. The van der Waals surface area contributed by atoms with Crippen molar-refractivity contribution in [3.05, 3.63) is 0 Å². The lowest BCUT2D eigenvalue weighted by molar-refractivity contribution is -0.132. The van der Waals surface area contributed by atoms with E-state index in [1.807, 2.05) is 0 Å². The van der Waals surface area contributed by atoms with Gasteiger partial charge in [0.1, 0.15) is 6.04 Å². The summed E-state index contributed by atoms with van der Waals surface area (Å²) >= 11 is 0. The molecule has 3 N–H and O–H groups in total. The van der Waals surface area contributed by atoms with Crippen LogP contribution in [0.1, 0.15) is 44.9 Å². The minimum absolute atomic E-state index is 0.0121. The average Bonchev–Trinajstić information content (AvgIpc) is 2.61. The number of nitrogens with zero attached hydrogens (tertiary/aromatic N) is 1. The molecule has 1 atom stereocenters. The van der Waals surface area contributed by atoms with E-state index in [4.69, 9.17) is 5.73 Å². The highest BCUT2D eigenvalue weighted by Gasteiger charge is 2.34. The zero-order valence-corrected chi connectivity index (χ0v) is 11.1. The van der Waals surface area contributed by atoms with Crippen LogP contribution in [0.5, 0.6) is 0 Å². The summed E-state index contributed by atoms with van der Waals surface area (Å²) in [5.41, 5.74) is 5.89. The standard InChI is InChI=1S/C13H23N3O2/c1-16-8-5-10(12(16)18)15-11(17)9-13(14)6-3-2-4-7-13/h10H,2-9,14H2,1H3,(H,15,17). The summed E-state index contributed by atoms with van der Waals surface area (Å²) in [5.74, 6) is -0.0638. The first-order valence-corrected chi connectivity index (χ1v) is 6.83. The third kappa shape index (κ3) is 3.02. The molecule has 102 valence electrons. The predicted octanol–water partition coefficient (Wildman–Crippen LogP) is 0.385. The van der Waals surface area contributed by atoms with Gasteiger partial charge in [0, 0.05) is 25.6 Å². The quantitative estimate of drug-likeness (QED) is 0.763. The molecule has 0 aromatic carbocycles. The van der Waals surface area contributed by atoms with Crippen LogP contribution in [-0.4, -0.2) is 41.9 Å². The minimum Gasteiger partial charge on any atom is -0.344 e. The first kappa shape index (κ1) is 13.3. The number of hydrogen-bond acceptors (Lipinski definition) is 3. The maximum Gasteiger partial charge on any atom is 0.244 e. The van der Waals surface area contributed by atoms with Gasteiger partial charge in [-0.3, -0.25) is 9.59 Å². The minimum atomic E-state index is -0.351. The monoisotopic (exact) mass is 253 g/mol. The normalized spacial score (nSPS) is 27.3. The first-order chi connectivity index (χ1) is 8.50. The third-order valence-corrected chi connectivity index (χ3v) is 4.12. The van der Waals surface area contributed by atoms with Gasteiger partial charge in [-0.05, 0) is 19.3 Å². The van der Waals surface area contributed by atoms with Gasteiger partial charge in [0.05, 0.1) is 0 Å². The van der Waals surface area contributed by atoms with Gasteiger partial charge in [-0.2, -0.15) is 0 Å². The van der Waals surface area contributed by atoms with Gasteiger partial charge in [0.2, 0.25) is 11.8 Å². The highest BCUT2D eigenvalue weighted by Crippen LogP contribution is 2.28. The lowest BCUT2D eigenvalue weighted by Crippen LogP contribution is -2.48. The summed E-state index contributed by atoms with van der Waals surface area (Å²) in [5, 5.41) is 2.82. The lowest BCUT2D eigenvalue weighted by Gasteiger charge is -2.33. The third-order valence-electron chi connectivity index (χ3n) is 4.12. The molecular formula is C13H23N3O2. The van der Waals surface area contributed by atoms with Crippen molar-refractivity contribution in [1.82, 2.24) is 10.2 Å². The molecule has 2 fully saturated rings. The van der Waals surface area contributed by atoms with Gasteiger partial charge in [-0.25, -0.2) is 0 Å². The second kappa shape index (κ2) is 5.26. The van der Waals surface area contributed by atoms with Crippen molar-refractivity contribution >= 4 is 11.8 Å². The van der Waals surface area contributed by atoms with E-state index in [1.165, 1.54) is 6.42 Å². The van der Waals surface area contributed by atoms with E-state index < -0.39 is 0 Å². The van der Waals surface area contributed by atoms with Gasteiger partial charge < -0.3 is 16.0 Å². The Morgan fingerprint density at radius 1 is 1.44 bits per heavy atom. The maximum atomic E-state index is 12.0. The zero-order valence-electron chi connectivity index (χ0n) is 11.1. The van der Waals surface area contributed by atoms with Crippen LogP contribution >= 0.6 is 0 Å². The highest BCUT2D eigenvalue weighted by atomic mass is 16.2. The maximum absolute atomic E-state index is 12.0. The SMILES string of the molecule is CN1CCC(NC(=O)CC2(N)CCCCC2)C1=O. The van der Waals surface area contributed by atoms with E-state index in [1.54, 1.807) is 11.9 Å². The molecule has 0 aromatic rings. The smallest absolute Gasteiger partial charge is 0.244 e. The molecule has 1 saturated heterocycles. The van der Waals surface area contributed by atoms with E-state index in [0.717, 1.165) is 32.2 Å². The number of hydrogen-bond donors (Lipinski definition) is 2. The average molecular weight is 253 g/mol. The number of carbonyl (C=O) groups excluding carboxylic acids is 2. The Bertz CT molecular complexity index is 337. The fraction of sp³-hybridized carbons (Fsp3) is 0.846. The van der Waals surface area contributed by atoms with Crippen LogP contribution < -0.4 is 11.1 Å². The van der Waals surface area contributed by atoms with Gasteiger partial charge >= 0.3 is 0 Å². The molecule has 1 heterocycles. The summed E-state index contributed by atoms with van der Waals surface area (Å²) in [6, 6.07) is -0.338. The van der Waals surface area contributed by atoms with Crippen molar-refractivity contribution in [3.63, 3.8) is 0 Å². The van der Waals surface area contributed by atoms with E-state index in [0.29, 0.717) is 12.8 Å². The molecule has 1 aliphatic heterocycles. The largest absolute Gasteiger partial charge is 0.344 e. The molecule has 1 saturated carbocycles. The van der Waals surface area contributed by atoms with Gasteiger partial charge in [-0.15, -0.1) is 0 Å². The van der Waals surface area contributed by atoms with Crippen molar-refractivity contribution in [2.45, 2.75) is 56.5 Å². The second-order valence-corrected chi connectivity index (χ2v) is 5.77. The molecule has 5 nitrogen and oxygen atoms in total. The molecule has 0 aromatic heterocycles. The number of carbonyl (C=O) groups is 2. The summed E-state index contributed by atoms with van der Waals surface area (Å²) in [6.45, 7) is 0.720. The molecule has 5 heteroatoms. The van der Waals surface area contributed by atoms with E-state index in [-0.39, 0.29) is 23.4 Å². The van der Waals surface area contributed by atoms with Gasteiger partial charge in [-0.1, -0.05) is 19.3 Å². The second-order valence-electron chi connectivity index (χ2n) is 5.77. The van der Waals surface area contributed by atoms with Crippen molar-refractivity contribution in [1.29, 1.82) is 0 Å². The number of nitrogens with two attached hydrogens (primary N) is 1. The Kier molecular flexibility index (Phi) is 3.90.